The van der Waals surface area contributed by atoms with Gasteiger partial charge in [-0.3, -0.25) is 0 Å². The standard InChI is InChI=1S/C15H14N4O/c1-10-9-19(15(16)18-10)17-8-11-2-3-13-7-14(20)5-4-12(13)6-11/h2-9,20H,1H3,(H2,16,18). The van der Waals surface area contributed by atoms with Gasteiger partial charge in [0.15, 0.2) is 0 Å². The topological polar surface area (TPSA) is 76.4 Å². The molecule has 0 spiro atoms. The summed E-state index contributed by atoms with van der Waals surface area (Å²) in [5.41, 5.74) is 7.50. The first-order valence-corrected chi connectivity index (χ1v) is 6.20. The molecule has 5 heteroatoms. The Hall–Kier alpha value is -2.82. The zero-order valence-electron chi connectivity index (χ0n) is 11.0. The van der Waals surface area contributed by atoms with Crippen LogP contribution in [0.25, 0.3) is 10.8 Å². The summed E-state index contributed by atoms with van der Waals surface area (Å²) in [6.07, 6.45) is 3.49. The Balaban J connectivity index is 1.94. The number of benzene rings is 2. The van der Waals surface area contributed by atoms with Crippen LogP contribution < -0.4 is 5.73 Å². The van der Waals surface area contributed by atoms with Crippen LogP contribution in [0.4, 0.5) is 5.95 Å². The summed E-state index contributed by atoms with van der Waals surface area (Å²) < 4.78 is 1.54. The molecule has 1 heterocycles. The van der Waals surface area contributed by atoms with Gasteiger partial charge in [0.25, 0.3) is 0 Å². The van der Waals surface area contributed by atoms with Crippen LogP contribution >= 0.6 is 0 Å². The molecule has 20 heavy (non-hydrogen) atoms. The number of aromatic hydroxyl groups is 1. The van der Waals surface area contributed by atoms with Crippen molar-refractivity contribution >= 4 is 22.9 Å². The van der Waals surface area contributed by atoms with E-state index in [0.717, 1.165) is 22.0 Å². The number of nitrogens with zero attached hydrogens (tertiary/aromatic N) is 3. The smallest absolute Gasteiger partial charge is 0.221 e. The Morgan fingerprint density at radius 2 is 1.95 bits per heavy atom. The van der Waals surface area contributed by atoms with Gasteiger partial charge in [0.2, 0.25) is 5.95 Å². The summed E-state index contributed by atoms with van der Waals surface area (Å²) in [4.78, 5) is 4.08. The van der Waals surface area contributed by atoms with E-state index in [0.29, 0.717) is 5.95 Å². The van der Waals surface area contributed by atoms with Crippen molar-refractivity contribution in [3.8, 4) is 5.75 Å². The predicted octanol–water partition coefficient (Wildman–Crippen LogP) is 2.51. The molecule has 0 aliphatic carbocycles. The number of hydrogen-bond acceptors (Lipinski definition) is 4. The second-order valence-electron chi connectivity index (χ2n) is 4.62. The second-order valence-corrected chi connectivity index (χ2v) is 4.62. The molecule has 0 saturated heterocycles. The first kappa shape index (κ1) is 12.2. The van der Waals surface area contributed by atoms with Gasteiger partial charge in [-0.1, -0.05) is 18.2 Å². The summed E-state index contributed by atoms with van der Waals surface area (Å²) in [6.45, 7) is 1.87. The monoisotopic (exact) mass is 266 g/mol. The summed E-state index contributed by atoms with van der Waals surface area (Å²) >= 11 is 0. The van der Waals surface area contributed by atoms with E-state index in [1.165, 1.54) is 4.68 Å². The molecule has 100 valence electrons. The molecule has 0 bridgehead atoms. The van der Waals surface area contributed by atoms with Crippen molar-refractivity contribution in [3.63, 3.8) is 0 Å². The molecule has 0 aliphatic rings. The van der Waals surface area contributed by atoms with Crippen molar-refractivity contribution < 1.29 is 5.11 Å². The Morgan fingerprint density at radius 3 is 2.70 bits per heavy atom. The van der Waals surface area contributed by atoms with E-state index < -0.39 is 0 Å². The number of phenolic OH excluding ortho intramolecular Hbond substituents is 1. The number of anilines is 1. The molecule has 5 nitrogen and oxygen atoms in total. The summed E-state index contributed by atoms with van der Waals surface area (Å²) in [5, 5.41) is 15.7. The minimum atomic E-state index is 0.264. The number of imidazole rings is 1. The molecule has 1 aromatic heterocycles. The molecule has 0 atom stereocenters. The molecule has 0 fully saturated rings. The summed E-state index contributed by atoms with van der Waals surface area (Å²) in [7, 11) is 0. The highest BCUT2D eigenvalue weighted by molar-refractivity contribution is 5.91. The Bertz CT molecular complexity index is 805. The van der Waals surface area contributed by atoms with Crippen molar-refractivity contribution in [3.05, 3.63) is 53.9 Å². The van der Waals surface area contributed by atoms with Crippen molar-refractivity contribution in [2.24, 2.45) is 5.10 Å². The first-order chi connectivity index (χ1) is 9.61. The van der Waals surface area contributed by atoms with Gasteiger partial charge in [0, 0.05) is 0 Å². The van der Waals surface area contributed by atoms with Gasteiger partial charge >= 0.3 is 0 Å². The van der Waals surface area contributed by atoms with Gasteiger partial charge in [-0.2, -0.15) is 5.10 Å². The SMILES string of the molecule is Cc1cn(N=Cc2ccc3cc(O)ccc3c2)c(N)n1. The molecule has 0 aliphatic heterocycles. The van der Waals surface area contributed by atoms with E-state index in [4.69, 9.17) is 5.73 Å². The number of nitrogen functional groups attached to an aromatic ring is 1. The third-order valence-electron chi connectivity index (χ3n) is 3.01. The number of phenols is 1. The van der Waals surface area contributed by atoms with Crippen molar-refractivity contribution in [2.45, 2.75) is 6.92 Å². The van der Waals surface area contributed by atoms with Crippen LogP contribution in [0.3, 0.4) is 0 Å². The van der Waals surface area contributed by atoms with Gasteiger partial charge in [-0.25, -0.2) is 9.66 Å². The highest BCUT2D eigenvalue weighted by Gasteiger charge is 1.99. The number of hydrogen-bond donors (Lipinski definition) is 2. The molecular weight excluding hydrogens is 252 g/mol. The molecule has 3 N–H and O–H groups in total. The van der Waals surface area contributed by atoms with Crippen LogP contribution in [0, 0.1) is 6.92 Å². The van der Waals surface area contributed by atoms with Crippen LogP contribution in [-0.2, 0) is 0 Å². The largest absolute Gasteiger partial charge is 0.508 e. The van der Waals surface area contributed by atoms with Gasteiger partial charge in [-0.05, 0) is 41.5 Å². The van der Waals surface area contributed by atoms with Crippen molar-refractivity contribution in [2.75, 3.05) is 5.73 Å². The summed E-state index contributed by atoms with van der Waals surface area (Å²) in [5.74, 6) is 0.630. The molecule has 3 aromatic rings. The fourth-order valence-electron chi connectivity index (χ4n) is 2.06. The number of aromatic nitrogens is 2. The lowest BCUT2D eigenvalue weighted by molar-refractivity contribution is 0.476. The molecule has 3 rings (SSSR count). The molecule has 0 radical (unpaired) electrons. The molecular formula is C15H14N4O. The van der Waals surface area contributed by atoms with Crippen LogP contribution in [0.1, 0.15) is 11.3 Å². The molecule has 0 unspecified atom stereocenters. The average Bonchev–Trinajstić information content (AvgIpc) is 2.74. The highest BCUT2D eigenvalue weighted by atomic mass is 16.3. The van der Waals surface area contributed by atoms with Gasteiger partial charge in [-0.15, -0.1) is 0 Å². The maximum absolute atomic E-state index is 9.43. The number of nitrogens with two attached hydrogens (primary N) is 1. The van der Waals surface area contributed by atoms with E-state index in [1.54, 1.807) is 24.5 Å². The fraction of sp³-hybridized carbons (Fsp3) is 0.0667. The number of fused-ring (bicyclic) bond motifs is 1. The molecule has 0 amide bonds. The predicted molar refractivity (Wildman–Crippen MR) is 80.0 cm³/mol. The van der Waals surface area contributed by atoms with Gasteiger partial charge in [0.05, 0.1) is 18.1 Å². The lowest BCUT2D eigenvalue weighted by atomic mass is 10.1. The molecule has 0 saturated carbocycles. The third-order valence-corrected chi connectivity index (χ3v) is 3.01. The number of aryl methyl sites for hydroxylation is 1. The normalized spacial score (nSPS) is 11.4. The maximum Gasteiger partial charge on any atom is 0.221 e. The maximum atomic E-state index is 9.43. The van der Waals surface area contributed by atoms with Crippen LogP contribution in [0.2, 0.25) is 0 Å². The van der Waals surface area contributed by atoms with E-state index in [9.17, 15) is 5.11 Å². The van der Waals surface area contributed by atoms with Crippen LogP contribution in [-0.4, -0.2) is 21.0 Å². The van der Waals surface area contributed by atoms with Gasteiger partial charge < -0.3 is 10.8 Å². The van der Waals surface area contributed by atoms with Crippen LogP contribution in [0.5, 0.6) is 5.75 Å². The Labute approximate surface area is 116 Å². The van der Waals surface area contributed by atoms with E-state index >= 15 is 0 Å². The Kier molecular flexibility index (Phi) is 2.87. The van der Waals surface area contributed by atoms with Crippen molar-refractivity contribution in [1.29, 1.82) is 0 Å². The minimum Gasteiger partial charge on any atom is -0.508 e. The van der Waals surface area contributed by atoms with E-state index in [2.05, 4.69) is 10.1 Å². The first-order valence-electron chi connectivity index (χ1n) is 6.20. The highest BCUT2D eigenvalue weighted by Crippen LogP contribution is 2.20. The summed E-state index contributed by atoms with van der Waals surface area (Å²) in [6, 6.07) is 11.1. The van der Waals surface area contributed by atoms with Gasteiger partial charge in [0.1, 0.15) is 5.75 Å². The van der Waals surface area contributed by atoms with Crippen molar-refractivity contribution in [1.82, 2.24) is 9.66 Å². The van der Waals surface area contributed by atoms with E-state index in [-0.39, 0.29) is 5.75 Å². The minimum absolute atomic E-state index is 0.264. The fourth-order valence-corrected chi connectivity index (χ4v) is 2.06. The van der Waals surface area contributed by atoms with Crippen LogP contribution in [0.15, 0.2) is 47.7 Å². The second kappa shape index (κ2) is 4.70. The average molecular weight is 266 g/mol. The lowest BCUT2D eigenvalue weighted by Crippen LogP contribution is -1.96. The third kappa shape index (κ3) is 2.33. The number of rotatable bonds is 2. The molecule has 2 aromatic carbocycles. The zero-order chi connectivity index (χ0) is 14.1. The Morgan fingerprint density at radius 1 is 1.20 bits per heavy atom. The lowest BCUT2D eigenvalue weighted by Gasteiger charge is -2.00. The quantitative estimate of drug-likeness (QED) is 0.700. The van der Waals surface area contributed by atoms with E-state index in [1.807, 2.05) is 31.2 Å². The zero-order valence-corrected chi connectivity index (χ0v) is 11.0.